The molecule has 8 rings (SSSR count). The number of aliphatic hydroxyl groups is 1. The molecule has 5 atom stereocenters. The van der Waals surface area contributed by atoms with E-state index in [1.165, 1.54) is 16.7 Å². The van der Waals surface area contributed by atoms with E-state index in [2.05, 4.69) is 116 Å². The van der Waals surface area contributed by atoms with Crippen molar-refractivity contribution in [2.24, 2.45) is 5.41 Å². The standard InChI is InChI=1S/C35H32N2O2/c1-22-10-14-24(15-11-22)18-27-19-37-21-33(32(27)38)30(25-16-12-23(2)13-17-25)20-36(3)34(33)28-8-4-6-26-7-5-9-29(31(26)28)35(34,37)39/h4-18,30,39H,19-21H2,1-3H3/b27-18+/t30-,33+,34-,35-/m1/s1. The first-order chi connectivity index (χ1) is 18.8. The topological polar surface area (TPSA) is 43.8 Å². The number of fused-ring (bicyclic) bond motifs is 3. The molecule has 2 spiro atoms. The zero-order valence-electron chi connectivity index (χ0n) is 22.6. The monoisotopic (exact) mass is 512 g/mol. The Balaban J connectivity index is 1.44. The Morgan fingerprint density at radius 2 is 1.51 bits per heavy atom. The molecule has 3 fully saturated rings. The number of piperidine rings is 1. The lowest BCUT2D eigenvalue weighted by molar-refractivity contribution is -0.168. The molecular formula is C35H32N2O2. The van der Waals surface area contributed by atoms with Crippen molar-refractivity contribution in [1.29, 1.82) is 0 Å². The lowest BCUT2D eigenvalue weighted by atomic mass is 9.57. The summed E-state index contributed by atoms with van der Waals surface area (Å²) in [6.07, 6.45) is 2.06. The first-order valence-corrected chi connectivity index (χ1v) is 13.9. The van der Waals surface area contributed by atoms with Crippen molar-refractivity contribution in [3.63, 3.8) is 0 Å². The van der Waals surface area contributed by atoms with Gasteiger partial charge in [-0.25, -0.2) is 0 Å². The third-order valence-corrected chi connectivity index (χ3v) is 10.3. The summed E-state index contributed by atoms with van der Waals surface area (Å²) in [4.78, 5) is 19.7. The van der Waals surface area contributed by atoms with Gasteiger partial charge >= 0.3 is 0 Å². The zero-order valence-corrected chi connectivity index (χ0v) is 22.6. The molecule has 4 aromatic rings. The lowest BCUT2D eigenvalue weighted by Crippen LogP contribution is -2.60. The molecule has 3 saturated heterocycles. The number of likely N-dealkylation sites (N-methyl/N-ethyl adjacent to an activating group) is 1. The molecule has 0 radical (unpaired) electrons. The lowest BCUT2D eigenvalue weighted by Gasteiger charge is -2.47. The van der Waals surface area contributed by atoms with Gasteiger partial charge in [-0.05, 0) is 54.4 Å². The molecule has 194 valence electrons. The fourth-order valence-electron chi connectivity index (χ4n) is 8.83. The molecule has 2 bridgehead atoms. The van der Waals surface area contributed by atoms with Crippen molar-refractivity contribution < 1.29 is 9.90 Å². The predicted molar refractivity (Wildman–Crippen MR) is 154 cm³/mol. The number of carbonyl (C=O) groups excluding carboxylic acids is 1. The number of ketones is 1. The second kappa shape index (κ2) is 7.54. The first-order valence-electron chi connectivity index (χ1n) is 13.9. The summed E-state index contributed by atoms with van der Waals surface area (Å²) in [5.41, 5.74) is 4.34. The van der Waals surface area contributed by atoms with Crippen molar-refractivity contribution in [1.82, 2.24) is 9.80 Å². The third kappa shape index (κ3) is 2.54. The number of nitrogens with zero attached hydrogens (tertiary/aromatic N) is 2. The normalized spacial score (nSPS) is 33.6. The molecule has 3 aliphatic heterocycles. The Morgan fingerprint density at radius 1 is 0.872 bits per heavy atom. The number of aryl methyl sites for hydroxylation is 2. The summed E-state index contributed by atoms with van der Waals surface area (Å²) in [6, 6.07) is 29.7. The Labute approximate surface area is 229 Å². The summed E-state index contributed by atoms with van der Waals surface area (Å²) in [7, 11) is 2.12. The van der Waals surface area contributed by atoms with E-state index in [0.717, 1.165) is 33.0 Å². The fourth-order valence-corrected chi connectivity index (χ4v) is 8.83. The van der Waals surface area contributed by atoms with Gasteiger partial charge in [0.05, 0.1) is 5.41 Å². The largest absolute Gasteiger partial charge is 0.369 e. The first kappa shape index (κ1) is 23.3. The minimum atomic E-state index is -1.32. The van der Waals surface area contributed by atoms with E-state index in [-0.39, 0.29) is 11.7 Å². The Bertz CT molecular complexity index is 1720. The van der Waals surface area contributed by atoms with Crippen LogP contribution in [0.25, 0.3) is 16.8 Å². The van der Waals surface area contributed by atoms with Crippen LogP contribution < -0.4 is 0 Å². The SMILES string of the molecule is Cc1ccc(/C=C2\CN3C[C@@]4(C2=O)[C@@H](c2ccc(C)cc2)CN(C)[C@]42c4cccc5cccc(c45)[C@]32O)cc1. The summed E-state index contributed by atoms with van der Waals surface area (Å²) >= 11 is 0. The maximum atomic E-state index is 15.2. The van der Waals surface area contributed by atoms with Gasteiger partial charge < -0.3 is 5.11 Å². The second-order valence-corrected chi connectivity index (χ2v) is 12.2. The quantitative estimate of drug-likeness (QED) is 0.360. The zero-order chi connectivity index (χ0) is 26.7. The molecule has 0 amide bonds. The summed E-state index contributed by atoms with van der Waals surface area (Å²) in [6.45, 7) is 5.83. The molecule has 0 saturated carbocycles. The highest BCUT2D eigenvalue weighted by molar-refractivity contribution is 6.09. The second-order valence-electron chi connectivity index (χ2n) is 12.2. The van der Waals surface area contributed by atoms with Crippen molar-refractivity contribution in [3.05, 3.63) is 124 Å². The molecular weight excluding hydrogens is 480 g/mol. The molecule has 1 unspecified atom stereocenters. The van der Waals surface area contributed by atoms with Crippen molar-refractivity contribution >= 4 is 22.6 Å². The Morgan fingerprint density at radius 3 is 2.21 bits per heavy atom. The van der Waals surface area contributed by atoms with Gasteiger partial charge in [-0.15, -0.1) is 0 Å². The van der Waals surface area contributed by atoms with Gasteiger partial charge in [0.25, 0.3) is 0 Å². The average molecular weight is 513 g/mol. The Kier molecular flexibility index (Phi) is 4.51. The number of carbonyl (C=O) groups is 1. The van der Waals surface area contributed by atoms with Gasteiger partial charge in [-0.1, -0.05) is 96.1 Å². The fraction of sp³-hybridized carbons (Fsp3) is 0.286. The highest BCUT2D eigenvalue weighted by atomic mass is 16.3. The molecule has 4 heteroatoms. The maximum absolute atomic E-state index is 15.2. The van der Waals surface area contributed by atoms with Crippen molar-refractivity contribution in [2.75, 3.05) is 26.7 Å². The van der Waals surface area contributed by atoms with Crippen molar-refractivity contribution in [3.8, 4) is 0 Å². The highest BCUT2D eigenvalue weighted by Crippen LogP contribution is 2.75. The predicted octanol–water partition coefficient (Wildman–Crippen LogP) is 5.51. The number of likely N-dealkylation sites (tertiary alicyclic amines) is 1. The van der Waals surface area contributed by atoms with Gasteiger partial charge in [0.1, 0.15) is 5.54 Å². The number of rotatable bonds is 2. The molecule has 4 aromatic carbocycles. The van der Waals surface area contributed by atoms with Gasteiger partial charge in [-0.2, -0.15) is 0 Å². The van der Waals surface area contributed by atoms with E-state index in [4.69, 9.17) is 0 Å². The average Bonchev–Trinajstić information content (AvgIpc) is 3.42. The number of Topliss-reactive ketones (excluding diaryl/α,β-unsaturated/α-hetero) is 1. The Hall–Kier alpha value is -3.57. The van der Waals surface area contributed by atoms with Crippen LogP contribution in [0.5, 0.6) is 0 Å². The van der Waals surface area contributed by atoms with E-state index in [9.17, 15) is 5.11 Å². The molecule has 1 N–H and O–H groups in total. The molecule has 0 aromatic heterocycles. The van der Waals surface area contributed by atoms with Crippen LogP contribution >= 0.6 is 0 Å². The summed E-state index contributed by atoms with van der Waals surface area (Å²) in [5, 5.41) is 15.4. The van der Waals surface area contributed by atoms with Gasteiger partial charge in [-0.3, -0.25) is 14.6 Å². The van der Waals surface area contributed by atoms with Crippen LogP contribution in [0, 0.1) is 19.3 Å². The maximum Gasteiger partial charge on any atom is 0.170 e. The molecule has 4 aliphatic rings. The van der Waals surface area contributed by atoms with Crippen LogP contribution in [0.4, 0.5) is 0 Å². The van der Waals surface area contributed by atoms with Gasteiger partial charge in [0.2, 0.25) is 0 Å². The van der Waals surface area contributed by atoms with Crippen LogP contribution in [-0.2, 0) is 16.1 Å². The van der Waals surface area contributed by atoms with E-state index < -0.39 is 16.7 Å². The number of hydrogen-bond acceptors (Lipinski definition) is 4. The van der Waals surface area contributed by atoms with E-state index in [1.807, 2.05) is 6.07 Å². The molecule has 39 heavy (non-hydrogen) atoms. The summed E-state index contributed by atoms with van der Waals surface area (Å²) < 4.78 is 0. The van der Waals surface area contributed by atoms with Crippen LogP contribution in [0.2, 0.25) is 0 Å². The van der Waals surface area contributed by atoms with E-state index in [1.54, 1.807) is 0 Å². The van der Waals surface area contributed by atoms with Crippen LogP contribution in [0.15, 0.2) is 90.5 Å². The molecule has 3 heterocycles. The number of benzene rings is 4. The van der Waals surface area contributed by atoms with E-state index >= 15 is 4.79 Å². The third-order valence-electron chi connectivity index (χ3n) is 10.3. The van der Waals surface area contributed by atoms with Crippen LogP contribution in [-0.4, -0.2) is 47.4 Å². The molecule has 1 aliphatic carbocycles. The molecule has 4 nitrogen and oxygen atoms in total. The van der Waals surface area contributed by atoms with Gasteiger partial charge in [0, 0.05) is 36.7 Å². The smallest absolute Gasteiger partial charge is 0.170 e. The minimum Gasteiger partial charge on any atom is -0.369 e. The van der Waals surface area contributed by atoms with E-state index in [0.29, 0.717) is 19.6 Å². The minimum absolute atomic E-state index is 0.0570. The van der Waals surface area contributed by atoms with Crippen molar-refractivity contribution in [2.45, 2.75) is 31.0 Å². The summed E-state index contributed by atoms with van der Waals surface area (Å²) in [5.74, 6) is 0.119. The number of hydrogen-bond donors (Lipinski definition) is 1. The highest BCUT2D eigenvalue weighted by Gasteiger charge is 2.85. The van der Waals surface area contributed by atoms with Gasteiger partial charge in [0.15, 0.2) is 11.5 Å². The van der Waals surface area contributed by atoms with Crippen LogP contribution in [0.1, 0.15) is 39.3 Å². The van der Waals surface area contributed by atoms with Crippen LogP contribution in [0.3, 0.4) is 0 Å².